The number of aromatic nitrogens is 2. The molecule has 2 heterocycles. The summed E-state index contributed by atoms with van der Waals surface area (Å²) in [5, 5.41) is 3.18. The molecule has 110 valence electrons. The first-order valence-electron chi connectivity index (χ1n) is 6.60. The van der Waals surface area contributed by atoms with Crippen LogP contribution in [0.4, 0.5) is 0 Å². The number of fused-ring (bicyclic) bond motifs is 1. The molecule has 2 rings (SSSR count). The van der Waals surface area contributed by atoms with E-state index in [1.807, 2.05) is 0 Å². The van der Waals surface area contributed by atoms with Crippen LogP contribution in [-0.4, -0.2) is 53.5 Å². The van der Waals surface area contributed by atoms with Crippen LogP contribution >= 0.6 is 0 Å². The van der Waals surface area contributed by atoms with E-state index < -0.39 is 0 Å². The minimum Gasteiger partial charge on any atom is -0.469 e. The summed E-state index contributed by atoms with van der Waals surface area (Å²) in [6, 6.07) is -0.291. The molecule has 0 saturated carbocycles. The third-order valence-electron chi connectivity index (χ3n) is 3.56. The van der Waals surface area contributed by atoms with Gasteiger partial charge in [-0.3, -0.25) is 14.9 Å². The maximum absolute atomic E-state index is 12.3. The number of H-pyrrole nitrogens is 1. The second kappa shape index (κ2) is 6.04. The number of likely N-dealkylation sites (N-methyl/N-ethyl adjacent to an activating group) is 1. The van der Waals surface area contributed by atoms with Crippen LogP contribution in [0.3, 0.4) is 0 Å². The number of rotatable bonds is 4. The van der Waals surface area contributed by atoms with Crippen LogP contribution in [0.1, 0.15) is 18.3 Å². The minimum atomic E-state index is -0.335. The van der Waals surface area contributed by atoms with E-state index in [0.29, 0.717) is 19.5 Å². The summed E-state index contributed by atoms with van der Waals surface area (Å²) in [7, 11) is 3.05. The Bertz CT molecular complexity index is 500. The summed E-state index contributed by atoms with van der Waals surface area (Å²) in [5.74, 6) is -0.677. The highest BCUT2D eigenvalue weighted by atomic mass is 16.5. The zero-order valence-electron chi connectivity index (χ0n) is 12.0. The van der Waals surface area contributed by atoms with Crippen molar-refractivity contribution in [3.8, 4) is 0 Å². The van der Waals surface area contributed by atoms with Crippen molar-refractivity contribution in [3.05, 3.63) is 17.7 Å². The summed E-state index contributed by atoms with van der Waals surface area (Å²) >= 11 is 0. The number of nitrogens with zero attached hydrogens (tertiary/aromatic N) is 2. The SMILES string of the molecule is COC(=O)C(C)CN(C)C(=O)C1Cc2nc[nH]c2CN1. The molecule has 1 aliphatic heterocycles. The van der Waals surface area contributed by atoms with Gasteiger partial charge in [0.1, 0.15) is 0 Å². The molecular weight excluding hydrogens is 260 g/mol. The van der Waals surface area contributed by atoms with Crippen molar-refractivity contribution < 1.29 is 14.3 Å². The molecule has 20 heavy (non-hydrogen) atoms. The maximum atomic E-state index is 12.3. The molecule has 7 nitrogen and oxygen atoms in total. The van der Waals surface area contributed by atoms with Gasteiger partial charge in [0.2, 0.25) is 5.91 Å². The number of imidazole rings is 1. The molecule has 1 aromatic heterocycles. The highest BCUT2D eigenvalue weighted by molar-refractivity contribution is 5.83. The lowest BCUT2D eigenvalue weighted by atomic mass is 10.0. The zero-order chi connectivity index (χ0) is 14.7. The first-order chi connectivity index (χ1) is 9.52. The predicted molar refractivity (Wildman–Crippen MR) is 71.7 cm³/mol. The molecule has 0 radical (unpaired) electrons. The van der Waals surface area contributed by atoms with Gasteiger partial charge in [0, 0.05) is 26.6 Å². The fourth-order valence-corrected chi connectivity index (χ4v) is 2.39. The highest BCUT2D eigenvalue weighted by Gasteiger charge is 2.29. The normalized spacial score (nSPS) is 19.1. The molecule has 0 bridgehead atoms. The van der Waals surface area contributed by atoms with Crippen molar-refractivity contribution >= 4 is 11.9 Å². The van der Waals surface area contributed by atoms with Crippen molar-refractivity contribution in [2.75, 3.05) is 20.7 Å². The summed E-state index contributed by atoms with van der Waals surface area (Å²) in [5.41, 5.74) is 1.95. The van der Waals surface area contributed by atoms with Gasteiger partial charge in [0.15, 0.2) is 0 Å². The Kier molecular flexibility index (Phi) is 4.39. The Morgan fingerprint density at radius 3 is 3.05 bits per heavy atom. The van der Waals surface area contributed by atoms with Crippen LogP contribution in [0.5, 0.6) is 0 Å². The smallest absolute Gasteiger partial charge is 0.310 e. The van der Waals surface area contributed by atoms with Crippen molar-refractivity contribution in [1.29, 1.82) is 0 Å². The van der Waals surface area contributed by atoms with E-state index >= 15 is 0 Å². The topological polar surface area (TPSA) is 87.3 Å². The second-order valence-electron chi connectivity index (χ2n) is 5.11. The largest absolute Gasteiger partial charge is 0.469 e. The van der Waals surface area contributed by atoms with E-state index in [-0.39, 0.29) is 23.8 Å². The van der Waals surface area contributed by atoms with Crippen molar-refractivity contribution in [3.63, 3.8) is 0 Å². The van der Waals surface area contributed by atoms with E-state index in [1.54, 1.807) is 25.2 Å². The Balaban J connectivity index is 1.93. The summed E-state index contributed by atoms with van der Waals surface area (Å²) in [4.78, 5) is 32.6. The molecule has 1 amide bonds. The molecule has 1 aliphatic rings. The Morgan fingerprint density at radius 2 is 2.35 bits per heavy atom. The number of nitrogens with one attached hydrogen (secondary N) is 2. The van der Waals surface area contributed by atoms with Crippen LogP contribution in [0.2, 0.25) is 0 Å². The van der Waals surface area contributed by atoms with Gasteiger partial charge in [0.25, 0.3) is 0 Å². The minimum absolute atomic E-state index is 0.0330. The van der Waals surface area contributed by atoms with E-state index in [1.165, 1.54) is 7.11 Å². The Morgan fingerprint density at radius 1 is 1.60 bits per heavy atom. The first-order valence-corrected chi connectivity index (χ1v) is 6.60. The molecule has 0 spiro atoms. The van der Waals surface area contributed by atoms with Crippen LogP contribution in [0.25, 0.3) is 0 Å². The molecular formula is C13H20N4O3. The van der Waals surface area contributed by atoms with Gasteiger partial charge in [-0.1, -0.05) is 6.92 Å². The molecule has 0 aromatic carbocycles. The number of amides is 1. The molecule has 2 unspecified atom stereocenters. The fraction of sp³-hybridized carbons (Fsp3) is 0.615. The zero-order valence-corrected chi connectivity index (χ0v) is 12.0. The van der Waals surface area contributed by atoms with Crippen molar-refractivity contribution in [2.24, 2.45) is 5.92 Å². The van der Waals surface area contributed by atoms with Crippen LogP contribution in [0.15, 0.2) is 6.33 Å². The lowest BCUT2D eigenvalue weighted by Crippen LogP contribution is -2.49. The predicted octanol–water partition coefficient (Wildman–Crippen LogP) is -0.308. The van der Waals surface area contributed by atoms with Crippen LogP contribution in [0, 0.1) is 5.92 Å². The summed E-state index contributed by atoms with van der Waals surface area (Å²) < 4.78 is 4.67. The third-order valence-corrected chi connectivity index (χ3v) is 3.56. The van der Waals surface area contributed by atoms with Gasteiger partial charge in [0.05, 0.1) is 36.8 Å². The van der Waals surface area contributed by atoms with E-state index in [4.69, 9.17) is 0 Å². The number of carbonyl (C=O) groups is 2. The molecule has 0 aliphatic carbocycles. The quantitative estimate of drug-likeness (QED) is 0.739. The van der Waals surface area contributed by atoms with Gasteiger partial charge >= 0.3 is 5.97 Å². The van der Waals surface area contributed by atoms with E-state index in [2.05, 4.69) is 20.0 Å². The highest BCUT2D eigenvalue weighted by Crippen LogP contribution is 2.14. The van der Waals surface area contributed by atoms with Crippen molar-refractivity contribution in [2.45, 2.75) is 25.9 Å². The maximum Gasteiger partial charge on any atom is 0.310 e. The van der Waals surface area contributed by atoms with Gasteiger partial charge < -0.3 is 14.6 Å². The molecule has 0 saturated heterocycles. The van der Waals surface area contributed by atoms with Gasteiger partial charge in [-0.2, -0.15) is 0 Å². The van der Waals surface area contributed by atoms with E-state index in [0.717, 1.165) is 11.4 Å². The Labute approximate surface area is 117 Å². The van der Waals surface area contributed by atoms with Crippen molar-refractivity contribution in [1.82, 2.24) is 20.2 Å². The molecule has 2 N–H and O–H groups in total. The summed E-state index contributed by atoms with van der Waals surface area (Å²) in [6.07, 6.45) is 2.21. The molecule has 7 heteroatoms. The lowest BCUT2D eigenvalue weighted by molar-refractivity contribution is -0.146. The van der Waals surface area contributed by atoms with Crippen LogP contribution < -0.4 is 5.32 Å². The fourth-order valence-electron chi connectivity index (χ4n) is 2.39. The van der Waals surface area contributed by atoms with E-state index in [9.17, 15) is 9.59 Å². The second-order valence-corrected chi connectivity index (χ2v) is 5.11. The standard InChI is InChI=1S/C13H20N4O3/c1-8(13(19)20-3)6-17(2)12(18)10-4-9-11(5-14-10)16-7-15-9/h7-8,10,14H,4-6H2,1-3H3,(H,15,16). The average molecular weight is 280 g/mol. The summed E-state index contributed by atoms with van der Waals surface area (Å²) in [6.45, 7) is 2.69. The third kappa shape index (κ3) is 2.98. The number of ether oxygens (including phenoxy) is 1. The first kappa shape index (κ1) is 14.5. The molecule has 2 atom stereocenters. The average Bonchev–Trinajstić information content (AvgIpc) is 2.92. The number of esters is 1. The number of hydrogen-bond donors (Lipinski definition) is 2. The van der Waals surface area contributed by atoms with Gasteiger partial charge in [-0.15, -0.1) is 0 Å². The monoisotopic (exact) mass is 280 g/mol. The Hall–Kier alpha value is -1.89. The lowest BCUT2D eigenvalue weighted by Gasteiger charge is -2.28. The number of methoxy groups -OCH3 is 1. The van der Waals surface area contributed by atoms with Crippen LogP contribution in [-0.2, 0) is 27.3 Å². The van der Waals surface area contributed by atoms with Gasteiger partial charge in [-0.05, 0) is 0 Å². The molecule has 0 fully saturated rings. The molecule has 1 aromatic rings. The number of carbonyl (C=O) groups excluding carboxylic acids is 2. The number of hydrogen-bond acceptors (Lipinski definition) is 5. The van der Waals surface area contributed by atoms with Gasteiger partial charge in [-0.25, -0.2) is 4.98 Å². The number of aromatic amines is 1.